The topological polar surface area (TPSA) is 371 Å². The van der Waals surface area contributed by atoms with Crippen molar-refractivity contribution < 1.29 is 36.3 Å². The van der Waals surface area contributed by atoms with Crippen LogP contribution in [0.4, 0.5) is 28.4 Å². The van der Waals surface area contributed by atoms with Gasteiger partial charge in [0, 0.05) is 230 Å². The molecule has 0 bridgehead atoms. The van der Waals surface area contributed by atoms with E-state index < -0.39 is 26.2 Å². The highest BCUT2D eigenvalue weighted by Gasteiger charge is 2.41. The number of carbonyl (C=O) groups excluding carboxylic acids is 3. The van der Waals surface area contributed by atoms with Crippen molar-refractivity contribution >= 4 is 201 Å². The van der Waals surface area contributed by atoms with Crippen molar-refractivity contribution in [1.29, 1.82) is 0 Å². The van der Waals surface area contributed by atoms with Crippen molar-refractivity contribution in [3.05, 3.63) is 182 Å². The molecule has 12 heterocycles. The number of sulfonamides is 2. The van der Waals surface area contributed by atoms with Gasteiger partial charge in [-0.05, 0) is 177 Å². The predicted molar refractivity (Wildman–Crippen MR) is 515 cm³/mol. The van der Waals surface area contributed by atoms with Gasteiger partial charge < -0.3 is 45.1 Å². The average Bonchev–Trinajstić information content (AvgIpc) is 1.60. The zero-order valence-corrected chi connectivity index (χ0v) is 78.6. The highest BCUT2D eigenvalue weighted by Crippen LogP contribution is 2.43. The van der Waals surface area contributed by atoms with Gasteiger partial charge in [0.2, 0.25) is 37.8 Å². The van der Waals surface area contributed by atoms with Gasteiger partial charge in [0.1, 0.15) is 0 Å². The lowest BCUT2D eigenvalue weighted by atomic mass is 9.77. The summed E-state index contributed by atoms with van der Waals surface area (Å²) >= 11 is 37.1. The summed E-state index contributed by atoms with van der Waals surface area (Å²) in [6.07, 6.45) is 24.6. The standard InChI is InChI=1S/C16H21ClN4O.C15H21ClN4O2S.C15H17ClN4O.C15H19ClN4O.C15H13ClN2O.C14H19ClN4O2S/c1-11(22)20(2)10-12-3-5-21(6-4-12)16-8-13(17)7-15-14(16)9-18-19-15;1-19(23(2,21)22)9-11-4-3-5-20(10-11)15-7-12(16)6-14-13(15)8-17-18-14;16-10-5-12-11(8-18-19-12)13(6-10)20-3-1-15(2-4-20)7-14(21)17-9-15;1-10(21)17-7-11-3-2-4-20(9-11)15-6-12(16)5-14-13(15)8-18-19-14;16-11-7-12(13-9-17-18-14(13)8-11)15(19)6-10-4-2-1-3-5-10;1-22(20,21)17-7-10-3-2-4-19(9-10)14-6-11(15)5-13-12(14)8-16-18-13/h7-9,12H,3-6,10H2,1-2H3,(H,18,19);6-8,11H,3-5,9-10H2,1-2H3,(H,17,18);5-6,8H,1-4,7,9H2,(H,17,21)(H,18,19);5-6,8,11H,2-4,7,9H2,1H3,(H,17,21)(H,18,19);1-5,7-9,15,19H,6H2,(H,17,18);5-6,8,10,17H,2-4,7,9H2,1H3,(H,16,18). The molecule has 19 rings (SSSR count). The highest BCUT2D eigenvalue weighted by atomic mass is 35.5. The number of amides is 3. The van der Waals surface area contributed by atoms with E-state index in [1.807, 2.05) is 134 Å². The maximum Gasteiger partial charge on any atom is 0.220 e. The molecule has 13 aromatic rings. The number of aliphatic hydroxyl groups is 1. The number of piperidine rings is 5. The Labute approximate surface area is 774 Å². The molecule has 6 aliphatic heterocycles. The molecule has 30 nitrogen and oxygen atoms in total. The Morgan fingerprint density at radius 2 is 0.859 bits per heavy atom. The van der Waals surface area contributed by atoms with E-state index in [1.54, 1.807) is 39.4 Å². The monoisotopic (exact) mass is 1900 g/mol. The molecule has 3 amide bonds. The molecule has 6 aliphatic rings. The first-order valence-electron chi connectivity index (χ1n) is 43.1. The first-order chi connectivity index (χ1) is 61.3. The van der Waals surface area contributed by atoms with Crippen LogP contribution in [0.25, 0.3) is 65.4 Å². The third-order valence-corrected chi connectivity index (χ3v) is 28.3. The number of carbonyl (C=O) groups is 3. The number of rotatable bonds is 18. The summed E-state index contributed by atoms with van der Waals surface area (Å²) in [7, 11) is -2.76. The fourth-order valence-corrected chi connectivity index (χ4v) is 20.5. The summed E-state index contributed by atoms with van der Waals surface area (Å²) < 4.78 is 49.8. The number of H-pyrrole nitrogens is 6. The number of aliphatic hydroxyl groups excluding tert-OH is 1. The van der Waals surface area contributed by atoms with E-state index in [0.29, 0.717) is 69.7 Å². The second kappa shape index (κ2) is 42.5. The van der Waals surface area contributed by atoms with Crippen molar-refractivity contribution in [2.24, 2.45) is 29.1 Å². The first kappa shape index (κ1) is 94.4. The van der Waals surface area contributed by atoms with Crippen LogP contribution in [0.15, 0.2) is 140 Å². The fraction of sp³-hybridized carbons (Fsp3) is 0.433. The van der Waals surface area contributed by atoms with Gasteiger partial charge >= 0.3 is 0 Å². The van der Waals surface area contributed by atoms with E-state index in [0.717, 1.165) is 264 Å². The number of aromatic nitrogens is 12. The molecule has 6 aromatic heterocycles. The molecule has 0 aliphatic carbocycles. The average molecular weight is 1900 g/mol. The van der Waals surface area contributed by atoms with Crippen molar-refractivity contribution in [2.45, 2.75) is 97.0 Å². The zero-order chi connectivity index (χ0) is 90.6. The minimum absolute atomic E-state index is 0.0344. The van der Waals surface area contributed by atoms with Crippen molar-refractivity contribution in [3.8, 4) is 0 Å². The molecule has 10 N–H and O–H groups in total. The van der Waals surface area contributed by atoms with Crippen LogP contribution in [-0.4, -0.2) is 235 Å². The Bertz CT molecular complexity index is 6240. The number of nitrogens with zero attached hydrogens (tertiary/aromatic N) is 13. The Balaban J connectivity index is 0.000000124. The summed E-state index contributed by atoms with van der Waals surface area (Å²) in [5.74, 6) is 2.02. The molecule has 6 saturated heterocycles. The van der Waals surface area contributed by atoms with Gasteiger partial charge in [0.25, 0.3) is 0 Å². The van der Waals surface area contributed by atoms with E-state index >= 15 is 0 Å². The molecular formula is C90H110Cl6N22O8S2. The second-order valence-corrected chi connectivity index (χ2v) is 41.1. The third-order valence-electron chi connectivity index (χ3n) is 25.0. The number of anilines is 5. The Morgan fingerprint density at radius 1 is 0.484 bits per heavy atom. The molecule has 0 radical (unpaired) electrons. The summed E-state index contributed by atoms with van der Waals surface area (Å²) in [4.78, 5) is 47.4. The molecule has 128 heavy (non-hydrogen) atoms. The van der Waals surface area contributed by atoms with Crippen LogP contribution >= 0.6 is 69.6 Å². The molecule has 682 valence electrons. The number of nitrogens with one attached hydrogen (secondary N) is 9. The SMILES string of the molecule is CC(=O)N(C)CC1CCN(c2cc(Cl)cc3[nH]ncc23)CC1.CC(=O)NCC1CCCN(c2cc(Cl)cc3[nH]ncc23)C1.CN(CC1CCCN(c2cc(Cl)cc3[nH]ncc23)C1)S(C)(=O)=O.CS(=O)(=O)NCC1CCCN(c2cc(Cl)cc3[nH]ncc23)C1.O=C1CC2(CCN(c3cc(Cl)cc4[nH]ncc34)CC2)CN1.OC(Cc1ccccc1)c1cc(Cl)cc2[nH]ncc12. The van der Waals surface area contributed by atoms with E-state index in [2.05, 4.69) is 101 Å². The van der Waals surface area contributed by atoms with Crippen LogP contribution < -0.4 is 39.9 Å². The van der Waals surface area contributed by atoms with Gasteiger partial charge in [0.05, 0.1) is 88.9 Å². The van der Waals surface area contributed by atoms with Gasteiger partial charge in [-0.2, -0.15) is 30.6 Å². The quantitative estimate of drug-likeness (QED) is 0.0381. The molecule has 4 unspecified atom stereocenters. The lowest BCUT2D eigenvalue weighted by Crippen LogP contribution is -2.41. The van der Waals surface area contributed by atoms with Crippen LogP contribution in [0.2, 0.25) is 30.1 Å². The molecule has 7 aromatic carbocycles. The summed E-state index contributed by atoms with van der Waals surface area (Å²) in [6, 6.07) is 32.9. The van der Waals surface area contributed by atoms with E-state index in [4.69, 9.17) is 69.6 Å². The predicted octanol–water partition coefficient (Wildman–Crippen LogP) is 15.6. The van der Waals surface area contributed by atoms with E-state index in [9.17, 15) is 36.3 Å². The molecule has 0 saturated carbocycles. The molecule has 4 atom stereocenters. The van der Waals surface area contributed by atoms with Crippen LogP contribution in [0, 0.1) is 29.1 Å². The van der Waals surface area contributed by atoms with Gasteiger partial charge in [0.15, 0.2) is 0 Å². The van der Waals surface area contributed by atoms with E-state index in [1.165, 1.54) is 16.8 Å². The molecule has 38 heteroatoms. The number of benzene rings is 7. The lowest BCUT2D eigenvalue weighted by Gasteiger charge is -2.39. The van der Waals surface area contributed by atoms with Crippen LogP contribution in [0.3, 0.4) is 0 Å². The van der Waals surface area contributed by atoms with Gasteiger partial charge in [-0.25, -0.2) is 25.9 Å². The van der Waals surface area contributed by atoms with Crippen LogP contribution in [0.1, 0.15) is 102 Å². The van der Waals surface area contributed by atoms with Gasteiger partial charge in [-0.3, -0.25) is 45.0 Å². The first-order valence-corrected chi connectivity index (χ1v) is 49.2. The minimum atomic E-state index is -3.14. The second-order valence-electron chi connectivity index (χ2n) is 34.5. The van der Waals surface area contributed by atoms with E-state index in [-0.39, 0.29) is 23.1 Å². The maximum absolute atomic E-state index is 11.6. The maximum atomic E-state index is 11.6. The lowest BCUT2D eigenvalue weighted by molar-refractivity contribution is -0.128. The molecular weight excluding hydrogens is 1790 g/mol. The normalized spacial score (nSPS) is 18.2. The number of hydrogen-bond acceptors (Lipinski definition) is 19. The summed E-state index contributed by atoms with van der Waals surface area (Å²) in [5, 5.41) is 69.0. The minimum Gasteiger partial charge on any atom is -0.388 e. The Kier molecular flexibility index (Phi) is 31.3. The molecule has 6 fully saturated rings. The van der Waals surface area contributed by atoms with Crippen molar-refractivity contribution in [3.63, 3.8) is 0 Å². The Morgan fingerprint density at radius 3 is 1.25 bits per heavy atom. The van der Waals surface area contributed by atoms with Gasteiger partial charge in [-0.1, -0.05) is 99.9 Å². The third kappa shape index (κ3) is 24.7. The highest BCUT2D eigenvalue weighted by molar-refractivity contribution is 7.88. The number of aromatic amines is 6. The summed E-state index contributed by atoms with van der Waals surface area (Å²) in [5.41, 5.74) is 13.2. The van der Waals surface area contributed by atoms with Crippen LogP contribution in [0.5, 0.6) is 0 Å². The number of halogens is 6. The van der Waals surface area contributed by atoms with Gasteiger partial charge in [-0.15, -0.1) is 0 Å². The molecule has 1 spiro atoms. The Hall–Kier alpha value is -9.71. The van der Waals surface area contributed by atoms with Crippen molar-refractivity contribution in [2.75, 3.05) is 149 Å². The largest absolute Gasteiger partial charge is 0.388 e. The number of hydrogen-bond donors (Lipinski definition) is 10. The summed E-state index contributed by atoms with van der Waals surface area (Å²) in [6.45, 7) is 16.0. The smallest absolute Gasteiger partial charge is 0.220 e. The zero-order valence-electron chi connectivity index (χ0n) is 72.5. The van der Waals surface area contributed by atoms with Crippen LogP contribution in [-0.2, 0) is 40.9 Å². The fourth-order valence-electron chi connectivity index (χ4n) is 18.2. The van der Waals surface area contributed by atoms with Crippen molar-refractivity contribution in [1.82, 2.24) is 85.7 Å². The number of fused-ring (bicyclic) bond motifs is 6.